The first-order valence-electron chi connectivity index (χ1n) is 6.18. The molecule has 1 aromatic carbocycles. The number of halogens is 1. The molecule has 0 aliphatic rings. The van der Waals surface area contributed by atoms with Crippen LogP contribution >= 0.6 is 0 Å². The first-order chi connectivity index (χ1) is 8.50. The second-order valence-corrected chi connectivity index (χ2v) is 4.68. The molecule has 0 aliphatic heterocycles. The maximum absolute atomic E-state index is 13.5. The van der Waals surface area contributed by atoms with E-state index < -0.39 is 11.9 Å². The molecule has 3 nitrogen and oxygen atoms in total. The predicted molar refractivity (Wildman–Crippen MR) is 68.2 cm³/mol. The highest BCUT2D eigenvalue weighted by atomic mass is 19.1. The van der Waals surface area contributed by atoms with E-state index in [2.05, 4.69) is 13.8 Å². The van der Waals surface area contributed by atoms with Crippen LogP contribution in [0.5, 0.6) is 5.75 Å². The molecule has 0 amide bonds. The molecular formula is C14H21FO3. The maximum atomic E-state index is 13.5. The average Bonchev–Trinajstić information content (AvgIpc) is 2.27. The third kappa shape index (κ3) is 5.02. The largest absolute Gasteiger partial charge is 0.491 e. The number of ether oxygens (including phenoxy) is 2. The highest BCUT2D eigenvalue weighted by Crippen LogP contribution is 2.21. The van der Waals surface area contributed by atoms with Crippen LogP contribution in [0.2, 0.25) is 0 Å². The third-order valence-corrected chi connectivity index (χ3v) is 2.37. The molecule has 102 valence electrons. The summed E-state index contributed by atoms with van der Waals surface area (Å²) in [4.78, 5) is 0. The van der Waals surface area contributed by atoms with Crippen LogP contribution in [0.25, 0.3) is 0 Å². The molecule has 4 heteroatoms. The van der Waals surface area contributed by atoms with E-state index in [0.29, 0.717) is 31.5 Å². The van der Waals surface area contributed by atoms with Gasteiger partial charge < -0.3 is 14.6 Å². The van der Waals surface area contributed by atoms with Crippen molar-refractivity contribution < 1.29 is 19.0 Å². The number of hydrogen-bond donors (Lipinski definition) is 1. The van der Waals surface area contributed by atoms with Gasteiger partial charge in [-0.2, -0.15) is 0 Å². The Labute approximate surface area is 108 Å². The van der Waals surface area contributed by atoms with Gasteiger partial charge in [0, 0.05) is 18.2 Å². The fourth-order valence-electron chi connectivity index (χ4n) is 1.47. The van der Waals surface area contributed by atoms with Gasteiger partial charge in [-0.15, -0.1) is 0 Å². The van der Waals surface area contributed by atoms with Gasteiger partial charge in [-0.1, -0.05) is 13.8 Å². The molecule has 1 atom stereocenters. The van der Waals surface area contributed by atoms with Crippen LogP contribution in [0, 0.1) is 11.7 Å². The lowest BCUT2D eigenvalue weighted by molar-refractivity contribution is 0.0817. The summed E-state index contributed by atoms with van der Waals surface area (Å²) in [5.41, 5.74) is 0.276. The summed E-state index contributed by atoms with van der Waals surface area (Å²) < 4.78 is 24.2. The molecule has 1 N–H and O–H groups in total. The Kier molecular flexibility index (Phi) is 6.09. The van der Waals surface area contributed by atoms with Gasteiger partial charge in [-0.25, -0.2) is 4.39 Å². The standard InChI is InChI=1S/C14H21FO3/c1-10(2)9-17-6-7-18-12-4-5-13(11(3)16)14(15)8-12/h4-5,8,10-11,16H,6-7,9H2,1-3H3/t11-/m1/s1. The highest BCUT2D eigenvalue weighted by molar-refractivity contribution is 5.29. The molecule has 0 spiro atoms. The Morgan fingerprint density at radius 1 is 1.22 bits per heavy atom. The van der Waals surface area contributed by atoms with Gasteiger partial charge in [-0.3, -0.25) is 0 Å². The Bertz CT molecular complexity index is 364. The molecule has 0 bridgehead atoms. The topological polar surface area (TPSA) is 38.7 Å². The number of aliphatic hydroxyl groups is 1. The van der Waals surface area contributed by atoms with Crippen molar-refractivity contribution in [3.8, 4) is 5.75 Å². The lowest BCUT2D eigenvalue weighted by atomic mass is 10.1. The normalized spacial score (nSPS) is 12.8. The van der Waals surface area contributed by atoms with E-state index in [9.17, 15) is 9.50 Å². The molecule has 0 unspecified atom stereocenters. The summed E-state index contributed by atoms with van der Waals surface area (Å²) in [5, 5.41) is 9.29. The summed E-state index contributed by atoms with van der Waals surface area (Å²) in [7, 11) is 0. The van der Waals surface area contributed by atoms with Crippen molar-refractivity contribution in [3.63, 3.8) is 0 Å². The van der Waals surface area contributed by atoms with Crippen molar-refractivity contribution in [3.05, 3.63) is 29.6 Å². The van der Waals surface area contributed by atoms with Gasteiger partial charge in [0.2, 0.25) is 0 Å². The minimum atomic E-state index is -0.812. The van der Waals surface area contributed by atoms with Crippen molar-refractivity contribution in [1.82, 2.24) is 0 Å². The van der Waals surface area contributed by atoms with Crippen LogP contribution in [0.15, 0.2) is 18.2 Å². The van der Waals surface area contributed by atoms with E-state index >= 15 is 0 Å². The predicted octanol–water partition coefficient (Wildman–Crippen LogP) is 2.93. The van der Waals surface area contributed by atoms with Gasteiger partial charge in [-0.05, 0) is 25.0 Å². The highest BCUT2D eigenvalue weighted by Gasteiger charge is 2.08. The van der Waals surface area contributed by atoms with Gasteiger partial charge in [0.15, 0.2) is 0 Å². The van der Waals surface area contributed by atoms with Gasteiger partial charge in [0.25, 0.3) is 0 Å². The summed E-state index contributed by atoms with van der Waals surface area (Å²) in [6, 6.07) is 4.46. The summed E-state index contributed by atoms with van der Waals surface area (Å²) in [5.74, 6) is 0.489. The number of benzene rings is 1. The van der Waals surface area contributed by atoms with Crippen LogP contribution in [-0.4, -0.2) is 24.9 Å². The molecule has 0 aromatic heterocycles. The van der Waals surface area contributed by atoms with Crippen molar-refractivity contribution in [1.29, 1.82) is 0 Å². The number of rotatable bonds is 7. The Morgan fingerprint density at radius 3 is 2.50 bits per heavy atom. The average molecular weight is 256 g/mol. The van der Waals surface area contributed by atoms with Crippen molar-refractivity contribution in [2.24, 2.45) is 5.92 Å². The van der Waals surface area contributed by atoms with Crippen LogP contribution < -0.4 is 4.74 Å². The Morgan fingerprint density at radius 2 is 1.94 bits per heavy atom. The molecule has 0 saturated heterocycles. The Hall–Kier alpha value is -1.13. The van der Waals surface area contributed by atoms with Crippen LogP contribution in [-0.2, 0) is 4.74 Å². The first-order valence-corrected chi connectivity index (χ1v) is 6.18. The van der Waals surface area contributed by atoms with E-state index in [4.69, 9.17) is 9.47 Å². The van der Waals surface area contributed by atoms with E-state index in [0.717, 1.165) is 0 Å². The number of hydrogen-bond acceptors (Lipinski definition) is 3. The van der Waals surface area contributed by atoms with E-state index in [1.165, 1.54) is 19.1 Å². The summed E-state index contributed by atoms with van der Waals surface area (Å²) in [6.45, 7) is 7.24. The maximum Gasteiger partial charge on any atom is 0.132 e. The zero-order chi connectivity index (χ0) is 13.5. The SMILES string of the molecule is CC(C)COCCOc1ccc([C@@H](C)O)c(F)c1. The zero-order valence-corrected chi connectivity index (χ0v) is 11.1. The van der Waals surface area contributed by atoms with Crippen molar-refractivity contribution in [2.75, 3.05) is 19.8 Å². The third-order valence-electron chi connectivity index (χ3n) is 2.37. The first kappa shape index (κ1) is 14.9. The quantitative estimate of drug-likeness (QED) is 0.762. The van der Waals surface area contributed by atoms with E-state index in [1.807, 2.05) is 0 Å². The fourth-order valence-corrected chi connectivity index (χ4v) is 1.47. The van der Waals surface area contributed by atoms with Crippen molar-refractivity contribution in [2.45, 2.75) is 26.9 Å². The fraction of sp³-hybridized carbons (Fsp3) is 0.571. The van der Waals surface area contributed by atoms with Crippen LogP contribution in [0.1, 0.15) is 32.4 Å². The van der Waals surface area contributed by atoms with Crippen LogP contribution in [0.3, 0.4) is 0 Å². The molecule has 0 saturated carbocycles. The minimum absolute atomic E-state index is 0.276. The zero-order valence-electron chi connectivity index (χ0n) is 11.1. The minimum Gasteiger partial charge on any atom is -0.491 e. The molecular weight excluding hydrogens is 235 g/mol. The lowest BCUT2D eigenvalue weighted by Crippen LogP contribution is -2.10. The molecule has 1 rings (SSSR count). The second-order valence-electron chi connectivity index (χ2n) is 4.68. The second kappa shape index (κ2) is 7.34. The monoisotopic (exact) mass is 256 g/mol. The number of aliphatic hydroxyl groups excluding tert-OH is 1. The Balaban J connectivity index is 2.37. The summed E-state index contributed by atoms with van der Waals surface area (Å²) >= 11 is 0. The molecule has 0 aliphatic carbocycles. The van der Waals surface area contributed by atoms with Gasteiger partial charge >= 0.3 is 0 Å². The molecule has 0 radical (unpaired) electrons. The smallest absolute Gasteiger partial charge is 0.132 e. The molecule has 1 aromatic rings. The van der Waals surface area contributed by atoms with Crippen molar-refractivity contribution >= 4 is 0 Å². The van der Waals surface area contributed by atoms with Gasteiger partial charge in [0.1, 0.15) is 18.2 Å². The molecule has 18 heavy (non-hydrogen) atoms. The van der Waals surface area contributed by atoms with Gasteiger partial charge in [0.05, 0.1) is 12.7 Å². The van der Waals surface area contributed by atoms with Crippen LogP contribution in [0.4, 0.5) is 4.39 Å². The lowest BCUT2D eigenvalue weighted by Gasteiger charge is -2.11. The molecule has 0 heterocycles. The molecule has 0 fully saturated rings. The van der Waals surface area contributed by atoms with E-state index in [-0.39, 0.29) is 5.56 Å². The van der Waals surface area contributed by atoms with E-state index in [1.54, 1.807) is 6.07 Å². The summed E-state index contributed by atoms with van der Waals surface area (Å²) in [6.07, 6.45) is -0.812.